The summed E-state index contributed by atoms with van der Waals surface area (Å²) < 4.78 is 1.79. The van der Waals surface area contributed by atoms with Gasteiger partial charge >= 0.3 is 0 Å². The second-order valence-corrected chi connectivity index (χ2v) is 9.63. The largest absolute Gasteiger partial charge is 0.333 e. The molecule has 0 atom stereocenters. The Labute approximate surface area is 208 Å². The van der Waals surface area contributed by atoms with E-state index in [0.29, 0.717) is 12.4 Å². The second-order valence-electron chi connectivity index (χ2n) is 9.63. The zero-order valence-corrected chi connectivity index (χ0v) is 21.1. The first kappa shape index (κ1) is 24.7. The average molecular weight is 473 g/mol. The second kappa shape index (κ2) is 11.3. The van der Waals surface area contributed by atoms with E-state index in [2.05, 4.69) is 18.3 Å². The SMILES string of the molecule is CCCN(CC(=O)Nc1cc(-c2ccccc2)nn1-c1ccc(C)cc1C)C(=O)C1CCCCC1. The van der Waals surface area contributed by atoms with E-state index in [4.69, 9.17) is 5.10 Å². The molecule has 0 radical (unpaired) electrons. The molecule has 2 amide bonds. The minimum Gasteiger partial charge on any atom is -0.333 e. The number of amides is 2. The van der Waals surface area contributed by atoms with Crippen LogP contribution in [-0.4, -0.2) is 39.6 Å². The van der Waals surface area contributed by atoms with Crippen molar-refractivity contribution >= 4 is 17.6 Å². The monoisotopic (exact) mass is 472 g/mol. The van der Waals surface area contributed by atoms with Gasteiger partial charge < -0.3 is 10.2 Å². The lowest BCUT2D eigenvalue weighted by Crippen LogP contribution is -2.42. The van der Waals surface area contributed by atoms with Crippen molar-refractivity contribution in [3.8, 4) is 16.9 Å². The molecule has 1 aliphatic rings. The van der Waals surface area contributed by atoms with Gasteiger partial charge in [0, 0.05) is 24.1 Å². The van der Waals surface area contributed by atoms with Crippen molar-refractivity contribution in [2.45, 2.75) is 59.3 Å². The van der Waals surface area contributed by atoms with Crippen LogP contribution in [0.4, 0.5) is 5.82 Å². The summed E-state index contributed by atoms with van der Waals surface area (Å²) in [6.45, 7) is 6.80. The maximum absolute atomic E-state index is 13.2. The fraction of sp³-hybridized carbons (Fsp3) is 0.414. The first-order valence-corrected chi connectivity index (χ1v) is 12.8. The van der Waals surface area contributed by atoms with Gasteiger partial charge in [0.2, 0.25) is 11.8 Å². The van der Waals surface area contributed by atoms with Crippen LogP contribution >= 0.6 is 0 Å². The number of carbonyl (C=O) groups is 2. The van der Waals surface area contributed by atoms with E-state index >= 15 is 0 Å². The Bertz CT molecular complexity index is 1160. The smallest absolute Gasteiger partial charge is 0.245 e. The van der Waals surface area contributed by atoms with E-state index in [1.807, 2.05) is 62.4 Å². The summed E-state index contributed by atoms with van der Waals surface area (Å²) in [5, 5.41) is 7.90. The van der Waals surface area contributed by atoms with Gasteiger partial charge in [-0.2, -0.15) is 5.10 Å². The number of aromatic nitrogens is 2. The van der Waals surface area contributed by atoms with Crippen LogP contribution < -0.4 is 5.32 Å². The highest BCUT2D eigenvalue weighted by molar-refractivity contribution is 5.95. The minimum absolute atomic E-state index is 0.0496. The quantitative estimate of drug-likeness (QED) is 0.443. The average Bonchev–Trinajstić information content (AvgIpc) is 3.27. The van der Waals surface area contributed by atoms with Crippen LogP contribution in [0.15, 0.2) is 54.6 Å². The van der Waals surface area contributed by atoms with Gasteiger partial charge in [0.15, 0.2) is 0 Å². The standard InChI is InChI=1S/C29H36N4O2/c1-4-17-32(29(35)24-13-9-6-10-14-24)20-28(34)30-27-19-25(23-11-7-5-8-12-23)31-33(27)26-16-15-21(2)18-22(26)3/h5,7-8,11-12,15-16,18-19,24H,4,6,9-10,13-14,17,20H2,1-3H3,(H,30,34). The van der Waals surface area contributed by atoms with Crippen LogP contribution in [-0.2, 0) is 9.59 Å². The summed E-state index contributed by atoms with van der Waals surface area (Å²) >= 11 is 0. The molecule has 1 saturated carbocycles. The van der Waals surface area contributed by atoms with Gasteiger partial charge in [-0.15, -0.1) is 0 Å². The lowest BCUT2D eigenvalue weighted by molar-refractivity contribution is -0.139. The number of hydrogen-bond acceptors (Lipinski definition) is 3. The first-order valence-electron chi connectivity index (χ1n) is 12.8. The molecule has 35 heavy (non-hydrogen) atoms. The van der Waals surface area contributed by atoms with Crippen molar-refractivity contribution in [3.63, 3.8) is 0 Å². The summed E-state index contributed by atoms with van der Waals surface area (Å²) in [5.41, 5.74) is 4.92. The van der Waals surface area contributed by atoms with Crippen LogP contribution in [0.2, 0.25) is 0 Å². The van der Waals surface area contributed by atoms with Crippen LogP contribution in [0.3, 0.4) is 0 Å². The summed E-state index contributed by atoms with van der Waals surface area (Å²) in [5.74, 6) is 0.568. The molecule has 184 valence electrons. The van der Waals surface area contributed by atoms with Crippen LogP contribution in [0.5, 0.6) is 0 Å². The van der Waals surface area contributed by atoms with Gasteiger partial charge in [0.25, 0.3) is 0 Å². The molecule has 6 nitrogen and oxygen atoms in total. The Hall–Kier alpha value is -3.41. The third-order valence-electron chi connectivity index (χ3n) is 6.72. The number of rotatable bonds is 8. The molecule has 1 fully saturated rings. The molecule has 3 aromatic rings. The third-order valence-corrected chi connectivity index (χ3v) is 6.72. The van der Waals surface area contributed by atoms with Crippen molar-refractivity contribution in [1.82, 2.24) is 14.7 Å². The number of nitrogens with one attached hydrogen (secondary N) is 1. The minimum atomic E-state index is -0.201. The number of hydrogen-bond donors (Lipinski definition) is 1. The van der Waals surface area contributed by atoms with Crippen LogP contribution in [0.25, 0.3) is 16.9 Å². The number of anilines is 1. The predicted octanol–water partition coefficient (Wildman–Crippen LogP) is 5.91. The maximum atomic E-state index is 13.2. The number of nitrogens with zero attached hydrogens (tertiary/aromatic N) is 3. The van der Waals surface area contributed by atoms with Crippen LogP contribution in [0, 0.1) is 19.8 Å². The Balaban J connectivity index is 1.59. The fourth-order valence-corrected chi connectivity index (χ4v) is 4.95. The highest BCUT2D eigenvalue weighted by atomic mass is 16.2. The van der Waals surface area contributed by atoms with Crippen molar-refractivity contribution in [2.75, 3.05) is 18.4 Å². The van der Waals surface area contributed by atoms with E-state index in [1.165, 1.54) is 12.0 Å². The van der Waals surface area contributed by atoms with Crippen molar-refractivity contribution in [1.29, 1.82) is 0 Å². The number of benzene rings is 2. The molecule has 0 aliphatic heterocycles. The fourth-order valence-electron chi connectivity index (χ4n) is 4.95. The highest BCUT2D eigenvalue weighted by Gasteiger charge is 2.27. The van der Waals surface area contributed by atoms with Crippen LogP contribution in [0.1, 0.15) is 56.6 Å². The predicted molar refractivity (Wildman–Crippen MR) is 141 cm³/mol. The van der Waals surface area contributed by atoms with E-state index < -0.39 is 0 Å². The first-order chi connectivity index (χ1) is 17.0. The Morgan fingerprint density at radius 1 is 1.03 bits per heavy atom. The molecule has 1 heterocycles. The van der Waals surface area contributed by atoms with Gasteiger partial charge in [0.05, 0.1) is 17.9 Å². The Morgan fingerprint density at radius 3 is 2.46 bits per heavy atom. The van der Waals surface area contributed by atoms with E-state index in [-0.39, 0.29) is 24.3 Å². The normalized spacial score (nSPS) is 14.0. The Kier molecular flexibility index (Phi) is 8.01. The molecule has 0 bridgehead atoms. The summed E-state index contributed by atoms with van der Waals surface area (Å²) in [6, 6.07) is 18.0. The lowest BCUT2D eigenvalue weighted by Gasteiger charge is -2.28. The van der Waals surface area contributed by atoms with Gasteiger partial charge in [-0.3, -0.25) is 9.59 Å². The van der Waals surface area contributed by atoms with Gasteiger partial charge in [-0.25, -0.2) is 4.68 Å². The van der Waals surface area contributed by atoms with Gasteiger partial charge in [-0.05, 0) is 44.7 Å². The van der Waals surface area contributed by atoms with Gasteiger partial charge in [0.1, 0.15) is 5.82 Å². The summed E-state index contributed by atoms with van der Waals surface area (Å²) in [6.07, 6.45) is 6.08. The zero-order chi connectivity index (χ0) is 24.8. The number of carbonyl (C=O) groups excluding carboxylic acids is 2. The van der Waals surface area contributed by atoms with Crippen molar-refractivity contribution in [3.05, 3.63) is 65.7 Å². The summed E-state index contributed by atoms with van der Waals surface area (Å²) in [4.78, 5) is 28.1. The topological polar surface area (TPSA) is 67.2 Å². The van der Waals surface area contributed by atoms with E-state index in [0.717, 1.165) is 54.6 Å². The van der Waals surface area contributed by atoms with Crippen molar-refractivity contribution in [2.24, 2.45) is 5.92 Å². The summed E-state index contributed by atoms with van der Waals surface area (Å²) in [7, 11) is 0. The molecular weight excluding hydrogens is 436 g/mol. The third kappa shape index (κ3) is 5.99. The lowest BCUT2D eigenvalue weighted by atomic mass is 9.88. The molecule has 0 unspecified atom stereocenters. The molecule has 2 aromatic carbocycles. The van der Waals surface area contributed by atoms with Crippen molar-refractivity contribution < 1.29 is 9.59 Å². The molecule has 4 rings (SSSR count). The molecule has 0 saturated heterocycles. The molecule has 1 aromatic heterocycles. The highest BCUT2D eigenvalue weighted by Crippen LogP contribution is 2.28. The Morgan fingerprint density at radius 2 is 1.77 bits per heavy atom. The zero-order valence-electron chi connectivity index (χ0n) is 21.1. The molecular formula is C29H36N4O2. The molecule has 0 spiro atoms. The van der Waals surface area contributed by atoms with E-state index in [9.17, 15) is 9.59 Å². The van der Waals surface area contributed by atoms with E-state index in [1.54, 1.807) is 9.58 Å². The molecule has 6 heteroatoms. The van der Waals surface area contributed by atoms with Gasteiger partial charge in [-0.1, -0.05) is 74.2 Å². The molecule has 1 aliphatic carbocycles. The number of aryl methyl sites for hydroxylation is 2. The molecule has 1 N–H and O–H groups in total. The maximum Gasteiger partial charge on any atom is 0.245 e.